The van der Waals surface area contributed by atoms with Crippen molar-refractivity contribution < 1.29 is 9.53 Å². The van der Waals surface area contributed by atoms with Gasteiger partial charge in [-0.05, 0) is 50.5 Å². The summed E-state index contributed by atoms with van der Waals surface area (Å²) >= 11 is 0. The second-order valence-electron chi connectivity index (χ2n) is 6.25. The lowest BCUT2D eigenvalue weighted by molar-refractivity contribution is 0.0705. The maximum atomic E-state index is 12.8. The van der Waals surface area contributed by atoms with E-state index in [1.807, 2.05) is 36.9 Å². The molecule has 0 unspecified atom stereocenters. The quantitative estimate of drug-likeness (QED) is 0.947. The molecular formula is C18H23N3O2. The zero-order chi connectivity index (χ0) is 16.4. The molecule has 2 heterocycles. The molecule has 0 radical (unpaired) electrons. The topological polar surface area (TPSA) is 58.2 Å². The molecule has 1 saturated heterocycles. The summed E-state index contributed by atoms with van der Waals surface area (Å²) in [5.41, 5.74) is 3.84. The van der Waals surface area contributed by atoms with E-state index in [9.17, 15) is 4.79 Å². The van der Waals surface area contributed by atoms with Crippen LogP contribution >= 0.6 is 0 Å². The van der Waals surface area contributed by atoms with Gasteiger partial charge in [0.1, 0.15) is 5.75 Å². The number of hydrogen-bond acceptors (Lipinski definition) is 3. The highest BCUT2D eigenvalue weighted by Crippen LogP contribution is 2.28. The summed E-state index contributed by atoms with van der Waals surface area (Å²) in [5.74, 6) is 1.14. The summed E-state index contributed by atoms with van der Waals surface area (Å²) in [6, 6.07) is 7.72. The van der Waals surface area contributed by atoms with Gasteiger partial charge in [0.05, 0.1) is 12.8 Å². The molecule has 3 rings (SSSR count). The Morgan fingerprint density at radius 3 is 2.87 bits per heavy atom. The van der Waals surface area contributed by atoms with Crippen LogP contribution < -0.4 is 4.74 Å². The number of rotatable bonds is 3. The Morgan fingerprint density at radius 2 is 2.17 bits per heavy atom. The number of carbonyl (C=O) groups excluding carboxylic acids is 1. The molecule has 5 nitrogen and oxygen atoms in total. The van der Waals surface area contributed by atoms with Crippen LogP contribution in [-0.2, 0) is 0 Å². The van der Waals surface area contributed by atoms with Crippen molar-refractivity contribution in [2.75, 3.05) is 20.2 Å². The number of aryl methyl sites for hydroxylation is 2. The monoisotopic (exact) mass is 313 g/mol. The molecule has 5 heteroatoms. The lowest BCUT2D eigenvalue weighted by Crippen LogP contribution is -2.39. The van der Waals surface area contributed by atoms with Crippen molar-refractivity contribution in [2.24, 2.45) is 0 Å². The zero-order valence-electron chi connectivity index (χ0n) is 13.9. The van der Waals surface area contributed by atoms with Gasteiger partial charge in [-0.1, -0.05) is 6.07 Å². The van der Waals surface area contributed by atoms with E-state index in [2.05, 4.69) is 16.3 Å². The van der Waals surface area contributed by atoms with Crippen LogP contribution in [0.1, 0.15) is 46.1 Å². The summed E-state index contributed by atoms with van der Waals surface area (Å²) in [6.45, 7) is 5.50. The number of likely N-dealkylation sites (tertiary alicyclic amines) is 1. The highest BCUT2D eigenvalue weighted by atomic mass is 16.5. The van der Waals surface area contributed by atoms with Crippen LogP contribution in [0.15, 0.2) is 24.3 Å². The third-order valence-electron chi connectivity index (χ3n) is 4.51. The van der Waals surface area contributed by atoms with Crippen molar-refractivity contribution in [3.8, 4) is 5.75 Å². The van der Waals surface area contributed by atoms with Gasteiger partial charge in [0.25, 0.3) is 5.91 Å². The smallest absolute Gasteiger partial charge is 0.254 e. The lowest BCUT2D eigenvalue weighted by atomic mass is 9.94. The molecule has 1 aliphatic heterocycles. The maximum absolute atomic E-state index is 12.8. The molecule has 0 aliphatic carbocycles. The van der Waals surface area contributed by atoms with Crippen LogP contribution in [-0.4, -0.2) is 41.2 Å². The molecule has 1 fully saturated rings. The fraction of sp³-hybridized carbons (Fsp3) is 0.444. The third kappa shape index (κ3) is 3.23. The number of aromatic nitrogens is 2. The Morgan fingerprint density at radius 1 is 1.35 bits per heavy atom. The van der Waals surface area contributed by atoms with E-state index in [-0.39, 0.29) is 5.91 Å². The van der Waals surface area contributed by atoms with Crippen LogP contribution in [0.4, 0.5) is 0 Å². The van der Waals surface area contributed by atoms with Crippen molar-refractivity contribution >= 4 is 5.91 Å². The first-order chi connectivity index (χ1) is 11.1. The average Bonchev–Trinajstić information content (AvgIpc) is 3.01. The van der Waals surface area contributed by atoms with Gasteiger partial charge >= 0.3 is 0 Å². The molecule has 0 spiro atoms. The first-order valence-electron chi connectivity index (χ1n) is 8.04. The Labute approximate surface area is 136 Å². The highest BCUT2D eigenvalue weighted by Gasteiger charge is 2.27. The number of ether oxygens (including phenoxy) is 1. The van der Waals surface area contributed by atoms with Gasteiger partial charge in [-0.3, -0.25) is 9.89 Å². The molecule has 23 heavy (non-hydrogen) atoms. The molecule has 1 amide bonds. The average molecular weight is 313 g/mol. The predicted octanol–water partition coefficient (Wildman–Crippen LogP) is 3.05. The van der Waals surface area contributed by atoms with E-state index in [1.54, 1.807) is 7.11 Å². The Balaban J connectivity index is 1.76. The first-order valence-corrected chi connectivity index (χ1v) is 8.04. The Kier molecular flexibility index (Phi) is 4.37. The van der Waals surface area contributed by atoms with Gasteiger partial charge in [-0.2, -0.15) is 5.10 Å². The van der Waals surface area contributed by atoms with Gasteiger partial charge in [0, 0.05) is 30.3 Å². The van der Waals surface area contributed by atoms with Gasteiger partial charge in [0.15, 0.2) is 0 Å². The van der Waals surface area contributed by atoms with E-state index in [1.165, 1.54) is 0 Å². The summed E-state index contributed by atoms with van der Waals surface area (Å²) in [7, 11) is 1.63. The number of aromatic amines is 1. The number of hydrogen-bond donors (Lipinski definition) is 1. The van der Waals surface area contributed by atoms with E-state index >= 15 is 0 Å². The van der Waals surface area contributed by atoms with Crippen molar-refractivity contribution in [3.05, 3.63) is 46.8 Å². The molecule has 122 valence electrons. The fourth-order valence-electron chi connectivity index (χ4n) is 3.19. The summed E-state index contributed by atoms with van der Waals surface area (Å²) < 4.78 is 5.33. The molecule has 2 aromatic rings. The second-order valence-corrected chi connectivity index (χ2v) is 6.25. The van der Waals surface area contributed by atoms with E-state index in [4.69, 9.17) is 4.74 Å². The minimum atomic E-state index is 0.0697. The van der Waals surface area contributed by atoms with Gasteiger partial charge < -0.3 is 9.64 Å². The van der Waals surface area contributed by atoms with Crippen molar-refractivity contribution in [2.45, 2.75) is 32.6 Å². The van der Waals surface area contributed by atoms with Crippen LogP contribution in [0.5, 0.6) is 5.75 Å². The van der Waals surface area contributed by atoms with Crippen molar-refractivity contribution in [3.63, 3.8) is 0 Å². The number of nitrogens with zero attached hydrogens (tertiary/aromatic N) is 2. The predicted molar refractivity (Wildman–Crippen MR) is 88.9 cm³/mol. The highest BCUT2D eigenvalue weighted by molar-refractivity contribution is 5.94. The molecule has 1 aromatic heterocycles. The number of nitrogens with one attached hydrogen (secondary N) is 1. The lowest BCUT2D eigenvalue weighted by Gasteiger charge is -2.32. The molecule has 0 bridgehead atoms. The van der Waals surface area contributed by atoms with Crippen molar-refractivity contribution in [1.82, 2.24) is 15.1 Å². The van der Waals surface area contributed by atoms with Crippen LogP contribution in [0.25, 0.3) is 0 Å². The minimum absolute atomic E-state index is 0.0697. The number of amides is 1. The molecule has 1 atom stereocenters. The molecule has 1 aromatic carbocycles. The maximum Gasteiger partial charge on any atom is 0.254 e. The van der Waals surface area contributed by atoms with Gasteiger partial charge in [0.2, 0.25) is 0 Å². The number of carbonyl (C=O) groups is 1. The van der Waals surface area contributed by atoms with E-state index in [0.29, 0.717) is 11.5 Å². The number of piperidine rings is 1. The third-order valence-corrected chi connectivity index (χ3v) is 4.51. The second kappa shape index (κ2) is 6.44. The molecule has 1 N–H and O–H groups in total. The number of methoxy groups -OCH3 is 1. The number of benzene rings is 1. The molecule has 1 aliphatic rings. The van der Waals surface area contributed by atoms with Crippen LogP contribution in [0.3, 0.4) is 0 Å². The SMILES string of the molecule is COc1cc(C(=O)N2CCC[C@H](c3cc(C)[nH]n3)C2)ccc1C. The number of H-pyrrole nitrogens is 1. The standard InChI is InChI=1S/C18H23N3O2/c1-12-6-7-14(10-17(12)23-3)18(22)21-8-4-5-15(11-21)16-9-13(2)19-20-16/h6-7,9-10,15H,4-5,8,11H2,1-3H3,(H,19,20)/t15-/m0/s1. The van der Waals surface area contributed by atoms with Crippen LogP contribution in [0, 0.1) is 13.8 Å². The normalized spacial score (nSPS) is 18.0. The zero-order valence-corrected chi connectivity index (χ0v) is 13.9. The first kappa shape index (κ1) is 15.6. The molecular weight excluding hydrogens is 290 g/mol. The Hall–Kier alpha value is -2.30. The van der Waals surface area contributed by atoms with Gasteiger partial charge in [-0.25, -0.2) is 0 Å². The van der Waals surface area contributed by atoms with E-state index in [0.717, 1.165) is 48.6 Å². The van der Waals surface area contributed by atoms with Crippen molar-refractivity contribution in [1.29, 1.82) is 0 Å². The molecule has 0 saturated carbocycles. The minimum Gasteiger partial charge on any atom is -0.496 e. The van der Waals surface area contributed by atoms with Gasteiger partial charge in [-0.15, -0.1) is 0 Å². The largest absolute Gasteiger partial charge is 0.496 e. The Bertz CT molecular complexity index is 708. The van der Waals surface area contributed by atoms with Crippen LogP contribution in [0.2, 0.25) is 0 Å². The summed E-state index contributed by atoms with van der Waals surface area (Å²) in [4.78, 5) is 14.7. The fourth-order valence-corrected chi connectivity index (χ4v) is 3.19. The summed E-state index contributed by atoms with van der Waals surface area (Å²) in [5, 5.41) is 7.35. The van der Waals surface area contributed by atoms with E-state index < -0.39 is 0 Å². The summed E-state index contributed by atoms with van der Waals surface area (Å²) in [6.07, 6.45) is 2.08.